The topological polar surface area (TPSA) is 43.4 Å². The number of rotatable bonds is 1. The van der Waals surface area contributed by atoms with Crippen LogP contribution < -0.4 is 5.63 Å². The van der Waals surface area contributed by atoms with Gasteiger partial charge in [-0.25, -0.2) is 9.18 Å². The summed E-state index contributed by atoms with van der Waals surface area (Å²) in [5, 5.41) is 1.55. The predicted octanol–water partition coefficient (Wildman–Crippen LogP) is 4.35. The maximum atomic E-state index is 13.2. The summed E-state index contributed by atoms with van der Waals surface area (Å²) >= 11 is 0. The molecule has 2 heterocycles. The van der Waals surface area contributed by atoms with Crippen LogP contribution >= 0.6 is 0 Å². The summed E-state index contributed by atoms with van der Waals surface area (Å²) in [6.07, 6.45) is 0. The van der Waals surface area contributed by atoms with Crippen LogP contribution in [0.4, 0.5) is 4.39 Å². The molecule has 3 nitrogen and oxygen atoms in total. The quantitative estimate of drug-likeness (QED) is 0.487. The minimum Gasteiger partial charge on any atom is -0.456 e. The molecule has 102 valence electrons. The first-order valence-corrected chi connectivity index (χ1v) is 6.43. The maximum absolute atomic E-state index is 13.2. The van der Waals surface area contributed by atoms with E-state index in [4.69, 9.17) is 8.83 Å². The van der Waals surface area contributed by atoms with E-state index in [2.05, 4.69) is 0 Å². The van der Waals surface area contributed by atoms with Crippen molar-refractivity contribution in [3.63, 3.8) is 0 Å². The van der Waals surface area contributed by atoms with Crippen molar-refractivity contribution in [2.24, 2.45) is 0 Å². The molecule has 0 aliphatic rings. The number of hydrogen-bond acceptors (Lipinski definition) is 3. The SMILES string of the molecule is O=c1oc2cc(F)ccc2cc1-c1cc2ccccc2o1. The van der Waals surface area contributed by atoms with Crippen molar-refractivity contribution in [1.82, 2.24) is 0 Å². The normalized spacial score (nSPS) is 11.3. The molecule has 0 fully saturated rings. The van der Waals surface area contributed by atoms with E-state index in [0.717, 1.165) is 5.39 Å². The minimum atomic E-state index is -0.549. The number of benzene rings is 2. The number of furan rings is 1. The third-order valence-corrected chi connectivity index (χ3v) is 3.39. The first-order valence-electron chi connectivity index (χ1n) is 6.43. The Balaban J connectivity index is 1.99. The molecule has 0 radical (unpaired) electrons. The van der Waals surface area contributed by atoms with Crippen molar-refractivity contribution in [3.05, 3.63) is 70.8 Å². The second kappa shape index (κ2) is 4.31. The van der Waals surface area contributed by atoms with Crippen molar-refractivity contribution >= 4 is 21.9 Å². The fourth-order valence-corrected chi connectivity index (χ4v) is 2.37. The molecule has 0 bridgehead atoms. The highest BCUT2D eigenvalue weighted by atomic mass is 19.1. The molecule has 0 spiro atoms. The Labute approximate surface area is 118 Å². The number of para-hydroxylation sites is 1. The molecule has 0 atom stereocenters. The average Bonchev–Trinajstić information content (AvgIpc) is 2.90. The molecular weight excluding hydrogens is 271 g/mol. The lowest BCUT2D eigenvalue weighted by Gasteiger charge is -1.99. The summed E-state index contributed by atoms with van der Waals surface area (Å²) < 4.78 is 24.0. The van der Waals surface area contributed by atoms with E-state index < -0.39 is 11.4 Å². The van der Waals surface area contributed by atoms with Gasteiger partial charge >= 0.3 is 5.63 Å². The molecule has 0 saturated carbocycles. The third-order valence-electron chi connectivity index (χ3n) is 3.39. The first kappa shape index (κ1) is 11.9. The molecule has 4 aromatic rings. The zero-order valence-electron chi connectivity index (χ0n) is 10.8. The molecule has 0 aliphatic carbocycles. The Morgan fingerprint density at radius 3 is 2.48 bits per heavy atom. The highest BCUT2D eigenvalue weighted by molar-refractivity contribution is 5.85. The summed E-state index contributed by atoms with van der Waals surface area (Å²) in [4.78, 5) is 12.1. The highest BCUT2D eigenvalue weighted by Crippen LogP contribution is 2.27. The average molecular weight is 280 g/mol. The third kappa shape index (κ3) is 1.92. The van der Waals surface area contributed by atoms with Crippen molar-refractivity contribution in [3.8, 4) is 11.3 Å². The maximum Gasteiger partial charge on any atom is 0.347 e. The predicted molar refractivity (Wildman–Crippen MR) is 77.7 cm³/mol. The fraction of sp³-hybridized carbons (Fsp3) is 0. The Bertz CT molecular complexity index is 994. The van der Waals surface area contributed by atoms with Gasteiger partial charge in [0.05, 0.1) is 0 Å². The van der Waals surface area contributed by atoms with Gasteiger partial charge in [0.2, 0.25) is 0 Å². The number of fused-ring (bicyclic) bond motifs is 2. The van der Waals surface area contributed by atoms with Gasteiger partial charge in [0.25, 0.3) is 0 Å². The van der Waals surface area contributed by atoms with E-state index >= 15 is 0 Å². The zero-order valence-corrected chi connectivity index (χ0v) is 10.8. The van der Waals surface area contributed by atoms with Crippen LogP contribution in [0.5, 0.6) is 0 Å². The molecule has 2 aromatic carbocycles. The van der Waals surface area contributed by atoms with Crippen molar-refractivity contribution in [2.45, 2.75) is 0 Å². The largest absolute Gasteiger partial charge is 0.456 e. The van der Waals surface area contributed by atoms with Gasteiger partial charge in [-0.3, -0.25) is 0 Å². The van der Waals surface area contributed by atoms with Crippen LogP contribution in [-0.2, 0) is 0 Å². The van der Waals surface area contributed by atoms with Gasteiger partial charge in [-0.05, 0) is 30.3 Å². The van der Waals surface area contributed by atoms with E-state index in [0.29, 0.717) is 22.3 Å². The summed E-state index contributed by atoms with van der Waals surface area (Å²) in [6.45, 7) is 0. The van der Waals surface area contributed by atoms with Gasteiger partial charge < -0.3 is 8.83 Å². The second-order valence-corrected chi connectivity index (χ2v) is 4.78. The fourth-order valence-electron chi connectivity index (χ4n) is 2.37. The van der Waals surface area contributed by atoms with E-state index in [1.54, 1.807) is 18.2 Å². The lowest BCUT2D eigenvalue weighted by atomic mass is 10.1. The minimum absolute atomic E-state index is 0.222. The molecule has 0 aliphatic heterocycles. The van der Waals surface area contributed by atoms with E-state index in [1.165, 1.54) is 12.1 Å². The van der Waals surface area contributed by atoms with Crippen molar-refractivity contribution in [2.75, 3.05) is 0 Å². The van der Waals surface area contributed by atoms with Crippen LogP contribution in [0, 0.1) is 5.82 Å². The standard InChI is InChI=1S/C17H9FO3/c18-12-6-5-11-7-13(17(19)21-15(11)9-12)16-8-10-3-1-2-4-14(10)20-16/h1-9H. The van der Waals surface area contributed by atoms with Crippen LogP contribution in [-0.4, -0.2) is 0 Å². The number of halogens is 1. The molecule has 4 rings (SSSR count). The summed E-state index contributed by atoms with van der Waals surface area (Å²) in [5.74, 6) is -0.00156. The van der Waals surface area contributed by atoms with E-state index in [1.807, 2.05) is 24.3 Å². The Kier molecular flexibility index (Phi) is 2.44. The van der Waals surface area contributed by atoms with Gasteiger partial charge in [0.15, 0.2) is 0 Å². The van der Waals surface area contributed by atoms with Gasteiger partial charge in [0.1, 0.15) is 28.3 Å². The molecule has 0 amide bonds. The van der Waals surface area contributed by atoms with Crippen LogP contribution in [0.3, 0.4) is 0 Å². The van der Waals surface area contributed by atoms with Crippen LogP contribution in [0.1, 0.15) is 0 Å². The first-order chi connectivity index (χ1) is 10.2. The van der Waals surface area contributed by atoms with Gasteiger partial charge in [-0.2, -0.15) is 0 Å². The van der Waals surface area contributed by atoms with Crippen LogP contribution in [0.2, 0.25) is 0 Å². The molecule has 21 heavy (non-hydrogen) atoms. The van der Waals surface area contributed by atoms with Gasteiger partial charge in [0, 0.05) is 16.8 Å². The smallest absolute Gasteiger partial charge is 0.347 e. The van der Waals surface area contributed by atoms with E-state index in [-0.39, 0.29) is 5.58 Å². The molecule has 2 aromatic heterocycles. The zero-order chi connectivity index (χ0) is 14.4. The van der Waals surface area contributed by atoms with Crippen LogP contribution in [0.25, 0.3) is 33.3 Å². The van der Waals surface area contributed by atoms with Gasteiger partial charge in [-0.15, -0.1) is 0 Å². The summed E-state index contributed by atoms with van der Waals surface area (Å²) in [6, 6.07) is 15.0. The Morgan fingerprint density at radius 1 is 0.810 bits per heavy atom. The monoisotopic (exact) mass is 280 g/mol. The van der Waals surface area contributed by atoms with Crippen molar-refractivity contribution < 1.29 is 13.2 Å². The molecule has 0 saturated heterocycles. The Morgan fingerprint density at radius 2 is 1.62 bits per heavy atom. The van der Waals surface area contributed by atoms with Crippen molar-refractivity contribution in [1.29, 1.82) is 0 Å². The lowest BCUT2D eigenvalue weighted by molar-refractivity contribution is 0.550. The van der Waals surface area contributed by atoms with E-state index in [9.17, 15) is 9.18 Å². The molecule has 0 unspecified atom stereocenters. The summed E-state index contributed by atoms with van der Waals surface area (Å²) in [7, 11) is 0. The highest BCUT2D eigenvalue weighted by Gasteiger charge is 2.12. The molecular formula is C17H9FO3. The van der Waals surface area contributed by atoms with Gasteiger partial charge in [-0.1, -0.05) is 18.2 Å². The second-order valence-electron chi connectivity index (χ2n) is 4.78. The Hall–Kier alpha value is -2.88. The van der Waals surface area contributed by atoms with Crippen LogP contribution in [0.15, 0.2) is 68.2 Å². The summed E-state index contributed by atoms with van der Waals surface area (Å²) in [5.41, 5.74) is 0.698. The lowest BCUT2D eigenvalue weighted by Crippen LogP contribution is -2.01. The molecule has 0 N–H and O–H groups in total. The number of hydrogen-bond donors (Lipinski definition) is 0. The molecule has 4 heteroatoms.